The van der Waals surface area contributed by atoms with Gasteiger partial charge in [-0.25, -0.2) is 8.78 Å². The van der Waals surface area contributed by atoms with Gasteiger partial charge in [0.2, 0.25) is 0 Å². The molecule has 1 nitrogen and oxygen atoms in total. The molecule has 5 heteroatoms. The van der Waals surface area contributed by atoms with Crippen LogP contribution in [0.25, 0.3) is 0 Å². The van der Waals surface area contributed by atoms with Crippen molar-refractivity contribution in [2.45, 2.75) is 6.42 Å². The lowest BCUT2D eigenvalue weighted by Gasteiger charge is -2.05. The molecular weight excluding hydrogens is 293 g/mol. The van der Waals surface area contributed by atoms with E-state index in [1.54, 1.807) is 0 Å². The Morgan fingerprint density at radius 1 is 1.05 bits per heavy atom. The second kappa shape index (κ2) is 5.68. The molecule has 2 rings (SSSR count). The van der Waals surface area contributed by atoms with Gasteiger partial charge >= 0.3 is 0 Å². The standard InChI is InChI=1S/C14H8Cl2F2O/c15-10-6-8(4-5-11(10)17)7-13(19)9-2-1-3-12(18)14(9)16/h1-6H,7H2. The summed E-state index contributed by atoms with van der Waals surface area (Å²) < 4.78 is 26.2. The van der Waals surface area contributed by atoms with Gasteiger partial charge in [0.1, 0.15) is 11.6 Å². The summed E-state index contributed by atoms with van der Waals surface area (Å²) >= 11 is 11.4. The van der Waals surface area contributed by atoms with Crippen LogP contribution in [0.2, 0.25) is 10.0 Å². The molecule has 0 fully saturated rings. The Kier molecular flexibility index (Phi) is 4.17. The van der Waals surface area contributed by atoms with Crippen molar-refractivity contribution in [3.8, 4) is 0 Å². The number of Topliss-reactive ketones (excluding diaryl/α,β-unsaturated/α-hetero) is 1. The highest BCUT2D eigenvalue weighted by molar-refractivity contribution is 6.34. The Balaban J connectivity index is 2.26. The first-order valence-corrected chi connectivity index (χ1v) is 6.16. The third kappa shape index (κ3) is 3.11. The Hall–Kier alpha value is -1.45. The molecule has 0 saturated heterocycles. The minimum atomic E-state index is -0.648. The summed E-state index contributed by atoms with van der Waals surface area (Å²) in [5.41, 5.74) is 0.638. The monoisotopic (exact) mass is 300 g/mol. The fourth-order valence-corrected chi connectivity index (χ4v) is 2.08. The molecule has 0 N–H and O–H groups in total. The summed E-state index contributed by atoms with van der Waals surface area (Å²) in [5, 5.41) is -0.267. The Morgan fingerprint density at radius 2 is 1.79 bits per heavy atom. The van der Waals surface area contributed by atoms with E-state index in [1.165, 1.54) is 36.4 Å². The molecule has 19 heavy (non-hydrogen) atoms. The van der Waals surface area contributed by atoms with E-state index in [2.05, 4.69) is 0 Å². The van der Waals surface area contributed by atoms with E-state index in [0.717, 1.165) is 0 Å². The maximum Gasteiger partial charge on any atom is 0.168 e. The fraction of sp³-hybridized carbons (Fsp3) is 0.0714. The van der Waals surface area contributed by atoms with Crippen molar-refractivity contribution < 1.29 is 13.6 Å². The van der Waals surface area contributed by atoms with E-state index in [-0.39, 0.29) is 27.8 Å². The zero-order valence-electron chi connectivity index (χ0n) is 9.59. The maximum absolute atomic E-state index is 13.2. The number of carbonyl (C=O) groups is 1. The normalized spacial score (nSPS) is 10.5. The molecule has 0 aliphatic rings. The van der Waals surface area contributed by atoms with Gasteiger partial charge in [-0.05, 0) is 29.8 Å². The van der Waals surface area contributed by atoms with Crippen LogP contribution in [0, 0.1) is 11.6 Å². The third-order valence-electron chi connectivity index (χ3n) is 2.60. The van der Waals surface area contributed by atoms with Crippen molar-refractivity contribution in [1.82, 2.24) is 0 Å². The van der Waals surface area contributed by atoms with Crippen LogP contribution in [0.4, 0.5) is 8.78 Å². The summed E-state index contributed by atoms with van der Waals surface area (Å²) in [4.78, 5) is 12.0. The highest BCUT2D eigenvalue weighted by atomic mass is 35.5. The van der Waals surface area contributed by atoms with Crippen molar-refractivity contribution in [1.29, 1.82) is 0 Å². The predicted octanol–water partition coefficient (Wildman–Crippen LogP) is 4.70. The third-order valence-corrected chi connectivity index (χ3v) is 3.27. The number of hydrogen-bond acceptors (Lipinski definition) is 1. The van der Waals surface area contributed by atoms with E-state index in [0.29, 0.717) is 5.56 Å². The largest absolute Gasteiger partial charge is 0.294 e. The Morgan fingerprint density at radius 3 is 2.47 bits per heavy atom. The van der Waals surface area contributed by atoms with Gasteiger partial charge in [-0.15, -0.1) is 0 Å². The first-order chi connectivity index (χ1) is 8.99. The molecule has 0 aliphatic heterocycles. The number of halogens is 4. The number of benzene rings is 2. The van der Waals surface area contributed by atoms with E-state index in [1.807, 2.05) is 0 Å². The summed E-state index contributed by atoms with van der Waals surface area (Å²) in [7, 11) is 0. The fourth-order valence-electron chi connectivity index (χ4n) is 1.65. The van der Waals surface area contributed by atoms with Crippen LogP contribution >= 0.6 is 23.2 Å². The number of hydrogen-bond donors (Lipinski definition) is 0. The molecule has 0 unspecified atom stereocenters. The van der Waals surface area contributed by atoms with E-state index in [9.17, 15) is 13.6 Å². The van der Waals surface area contributed by atoms with Crippen LogP contribution in [-0.2, 0) is 6.42 Å². The summed E-state index contributed by atoms with van der Waals surface area (Å²) in [6, 6.07) is 8.02. The molecule has 0 atom stereocenters. The van der Waals surface area contributed by atoms with E-state index < -0.39 is 11.6 Å². The molecule has 0 heterocycles. The molecule has 0 aliphatic carbocycles. The van der Waals surface area contributed by atoms with Gasteiger partial charge in [-0.2, -0.15) is 0 Å². The molecule has 2 aromatic rings. The minimum Gasteiger partial charge on any atom is -0.294 e. The first-order valence-electron chi connectivity index (χ1n) is 5.40. The van der Waals surface area contributed by atoms with Gasteiger partial charge in [0, 0.05) is 12.0 Å². The quantitative estimate of drug-likeness (QED) is 0.751. The zero-order valence-corrected chi connectivity index (χ0v) is 11.1. The lowest BCUT2D eigenvalue weighted by atomic mass is 10.0. The van der Waals surface area contributed by atoms with E-state index >= 15 is 0 Å². The smallest absolute Gasteiger partial charge is 0.168 e. The summed E-state index contributed by atoms with van der Waals surface area (Å²) in [5.74, 6) is -1.56. The summed E-state index contributed by atoms with van der Waals surface area (Å²) in [6.45, 7) is 0. The number of ketones is 1. The van der Waals surface area contributed by atoms with Crippen molar-refractivity contribution in [2.75, 3.05) is 0 Å². The SMILES string of the molecule is O=C(Cc1ccc(F)c(Cl)c1)c1cccc(F)c1Cl. The lowest BCUT2D eigenvalue weighted by molar-refractivity contribution is 0.0992. The number of carbonyl (C=O) groups excluding carboxylic acids is 1. The molecule has 0 radical (unpaired) electrons. The lowest BCUT2D eigenvalue weighted by Crippen LogP contribution is -2.05. The molecule has 0 spiro atoms. The van der Waals surface area contributed by atoms with Gasteiger partial charge in [0.15, 0.2) is 5.78 Å². The second-order valence-electron chi connectivity index (χ2n) is 3.95. The second-order valence-corrected chi connectivity index (χ2v) is 4.73. The Labute approximate surface area is 118 Å². The van der Waals surface area contributed by atoms with Gasteiger partial charge in [0.25, 0.3) is 0 Å². The van der Waals surface area contributed by atoms with Gasteiger partial charge in [0.05, 0.1) is 10.0 Å². The topological polar surface area (TPSA) is 17.1 Å². The van der Waals surface area contributed by atoms with Crippen molar-refractivity contribution in [3.63, 3.8) is 0 Å². The van der Waals surface area contributed by atoms with Gasteiger partial charge < -0.3 is 0 Å². The van der Waals surface area contributed by atoms with Crippen LogP contribution in [0.1, 0.15) is 15.9 Å². The van der Waals surface area contributed by atoms with Crippen molar-refractivity contribution >= 4 is 29.0 Å². The van der Waals surface area contributed by atoms with Crippen LogP contribution in [0.3, 0.4) is 0 Å². The molecule has 0 amide bonds. The average molecular weight is 301 g/mol. The molecular formula is C14H8Cl2F2O. The van der Waals surface area contributed by atoms with Gasteiger partial charge in [-0.3, -0.25) is 4.79 Å². The summed E-state index contributed by atoms with van der Waals surface area (Å²) in [6.07, 6.45) is -0.0246. The predicted molar refractivity (Wildman–Crippen MR) is 70.9 cm³/mol. The van der Waals surface area contributed by atoms with Crippen LogP contribution in [0.15, 0.2) is 36.4 Å². The first kappa shape index (κ1) is 14.0. The Bertz CT molecular complexity index is 641. The molecule has 98 valence electrons. The van der Waals surface area contributed by atoms with Crippen molar-refractivity contribution in [2.24, 2.45) is 0 Å². The zero-order chi connectivity index (χ0) is 14.0. The molecule has 0 saturated carbocycles. The molecule has 2 aromatic carbocycles. The highest BCUT2D eigenvalue weighted by Gasteiger charge is 2.14. The van der Waals surface area contributed by atoms with Gasteiger partial charge in [-0.1, -0.05) is 35.3 Å². The van der Waals surface area contributed by atoms with Crippen LogP contribution < -0.4 is 0 Å². The van der Waals surface area contributed by atoms with Crippen LogP contribution in [-0.4, -0.2) is 5.78 Å². The molecule has 0 aromatic heterocycles. The minimum absolute atomic E-state index is 0.0246. The number of rotatable bonds is 3. The average Bonchev–Trinajstić information content (AvgIpc) is 2.37. The highest BCUT2D eigenvalue weighted by Crippen LogP contribution is 2.22. The van der Waals surface area contributed by atoms with E-state index in [4.69, 9.17) is 23.2 Å². The van der Waals surface area contributed by atoms with Crippen molar-refractivity contribution in [3.05, 3.63) is 69.2 Å². The maximum atomic E-state index is 13.2. The molecule has 0 bridgehead atoms. The van der Waals surface area contributed by atoms with Crippen LogP contribution in [0.5, 0.6) is 0 Å².